The number of ether oxygens (including phenoxy) is 1. The largest absolute Gasteiger partial charge is 0.495 e. The number of hydrogen-bond acceptors (Lipinski definition) is 5. The first-order chi connectivity index (χ1) is 12.2. The Hall–Kier alpha value is -1.89. The molecule has 2 heterocycles. The quantitative estimate of drug-likeness (QED) is 0.826. The van der Waals surface area contributed by atoms with E-state index in [4.69, 9.17) is 4.74 Å². The van der Waals surface area contributed by atoms with Crippen LogP contribution in [0.5, 0.6) is 5.75 Å². The monoisotopic (exact) mass is 359 g/mol. The minimum Gasteiger partial charge on any atom is -0.495 e. The van der Waals surface area contributed by atoms with Gasteiger partial charge in [0.25, 0.3) is 0 Å². The molecule has 1 aliphatic rings. The highest BCUT2D eigenvalue weighted by molar-refractivity contribution is 7.07. The summed E-state index contributed by atoms with van der Waals surface area (Å²) in [6.07, 6.45) is 0.503. The van der Waals surface area contributed by atoms with Gasteiger partial charge >= 0.3 is 0 Å². The van der Waals surface area contributed by atoms with Crippen molar-refractivity contribution >= 4 is 22.9 Å². The Morgan fingerprint density at radius 1 is 1.16 bits per heavy atom. The SMILES string of the molecule is COc1ccccc1NC(=O)CCN1CCN(Cc2ccsc2)CC1. The Morgan fingerprint density at radius 2 is 1.92 bits per heavy atom. The number of nitrogens with zero attached hydrogens (tertiary/aromatic N) is 2. The van der Waals surface area contributed by atoms with Crippen LogP contribution in [-0.2, 0) is 11.3 Å². The van der Waals surface area contributed by atoms with Gasteiger partial charge in [0.15, 0.2) is 0 Å². The van der Waals surface area contributed by atoms with Crippen LogP contribution in [0.2, 0.25) is 0 Å². The summed E-state index contributed by atoms with van der Waals surface area (Å²) in [6.45, 7) is 5.99. The Morgan fingerprint density at radius 3 is 2.64 bits per heavy atom. The van der Waals surface area contributed by atoms with Crippen LogP contribution in [0.25, 0.3) is 0 Å². The normalized spacial score (nSPS) is 15.9. The average molecular weight is 359 g/mol. The van der Waals surface area contributed by atoms with Gasteiger partial charge in [-0.25, -0.2) is 0 Å². The van der Waals surface area contributed by atoms with Crippen molar-refractivity contribution in [3.63, 3.8) is 0 Å². The zero-order valence-corrected chi connectivity index (χ0v) is 15.4. The molecule has 0 saturated carbocycles. The number of para-hydroxylation sites is 2. The van der Waals surface area contributed by atoms with Crippen LogP contribution in [0.4, 0.5) is 5.69 Å². The number of methoxy groups -OCH3 is 1. The third-order valence-electron chi connectivity index (χ3n) is 4.49. The van der Waals surface area contributed by atoms with Crippen LogP contribution in [0.15, 0.2) is 41.1 Å². The van der Waals surface area contributed by atoms with Gasteiger partial charge in [-0.15, -0.1) is 0 Å². The van der Waals surface area contributed by atoms with Gasteiger partial charge in [0.1, 0.15) is 5.75 Å². The first-order valence-electron chi connectivity index (χ1n) is 8.63. The summed E-state index contributed by atoms with van der Waals surface area (Å²) in [4.78, 5) is 17.0. The molecular formula is C19H25N3O2S. The molecule has 0 bridgehead atoms. The summed E-state index contributed by atoms with van der Waals surface area (Å²) in [5.41, 5.74) is 2.13. The molecule has 1 aliphatic heterocycles. The lowest BCUT2D eigenvalue weighted by molar-refractivity contribution is -0.116. The number of benzene rings is 1. The lowest BCUT2D eigenvalue weighted by Gasteiger charge is -2.34. The predicted molar refractivity (Wildman–Crippen MR) is 102 cm³/mol. The maximum Gasteiger partial charge on any atom is 0.225 e. The molecule has 0 unspecified atom stereocenters. The molecular weight excluding hydrogens is 334 g/mol. The number of anilines is 1. The first-order valence-corrected chi connectivity index (χ1v) is 9.57. The van der Waals surface area contributed by atoms with Gasteiger partial charge in [0, 0.05) is 45.7 Å². The molecule has 0 radical (unpaired) electrons. The summed E-state index contributed by atoms with van der Waals surface area (Å²) >= 11 is 1.75. The summed E-state index contributed by atoms with van der Waals surface area (Å²) in [5.74, 6) is 0.725. The van der Waals surface area contributed by atoms with Crippen molar-refractivity contribution in [3.05, 3.63) is 46.7 Å². The van der Waals surface area contributed by atoms with Crippen LogP contribution < -0.4 is 10.1 Å². The van der Waals surface area contributed by atoms with Crippen molar-refractivity contribution in [2.45, 2.75) is 13.0 Å². The third-order valence-corrected chi connectivity index (χ3v) is 5.22. The molecule has 1 amide bonds. The van der Waals surface area contributed by atoms with Gasteiger partial charge in [0.2, 0.25) is 5.91 Å². The zero-order chi connectivity index (χ0) is 17.5. The molecule has 0 aliphatic carbocycles. The maximum absolute atomic E-state index is 12.2. The molecule has 6 heteroatoms. The fraction of sp³-hybridized carbons (Fsp3) is 0.421. The van der Waals surface area contributed by atoms with E-state index in [9.17, 15) is 4.79 Å². The fourth-order valence-electron chi connectivity index (χ4n) is 3.03. The summed E-state index contributed by atoms with van der Waals surface area (Å²) < 4.78 is 5.27. The van der Waals surface area contributed by atoms with Crippen molar-refractivity contribution in [3.8, 4) is 5.75 Å². The lowest BCUT2D eigenvalue weighted by Crippen LogP contribution is -2.46. The fourth-order valence-corrected chi connectivity index (χ4v) is 3.69. The van der Waals surface area contributed by atoms with Crippen molar-refractivity contribution in [1.82, 2.24) is 9.80 Å². The molecule has 1 fully saturated rings. The van der Waals surface area contributed by atoms with E-state index in [1.807, 2.05) is 24.3 Å². The predicted octanol–water partition coefficient (Wildman–Crippen LogP) is 2.90. The minimum atomic E-state index is 0.0326. The summed E-state index contributed by atoms with van der Waals surface area (Å²) in [7, 11) is 1.61. The Kier molecular flexibility index (Phi) is 6.44. The number of piperazine rings is 1. The maximum atomic E-state index is 12.2. The van der Waals surface area contributed by atoms with E-state index in [0.29, 0.717) is 12.2 Å². The lowest BCUT2D eigenvalue weighted by atomic mass is 10.2. The van der Waals surface area contributed by atoms with Gasteiger partial charge in [-0.05, 0) is 34.5 Å². The third kappa shape index (κ3) is 5.29. The number of carbonyl (C=O) groups excluding carboxylic acids is 1. The van der Waals surface area contributed by atoms with Gasteiger partial charge < -0.3 is 15.0 Å². The van der Waals surface area contributed by atoms with E-state index in [0.717, 1.165) is 45.0 Å². The summed E-state index contributed by atoms with van der Waals surface area (Å²) in [5, 5.41) is 7.29. The number of thiophene rings is 1. The van der Waals surface area contributed by atoms with Gasteiger partial charge in [-0.3, -0.25) is 9.69 Å². The number of hydrogen-bond donors (Lipinski definition) is 1. The standard InChI is InChI=1S/C19H25N3O2S/c1-24-18-5-3-2-4-17(18)20-19(23)6-8-21-9-11-22(12-10-21)14-16-7-13-25-15-16/h2-5,7,13,15H,6,8-12,14H2,1H3,(H,20,23). The molecule has 0 spiro atoms. The molecule has 1 aromatic carbocycles. The molecule has 5 nitrogen and oxygen atoms in total. The average Bonchev–Trinajstić information content (AvgIpc) is 3.15. The van der Waals surface area contributed by atoms with Gasteiger partial charge in [0.05, 0.1) is 12.8 Å². The molecule has 1 N–H and O–H groups in total. The smallest absolute Gasteiger partial charge is 0.225 e. The topological polar surface area (TPSA) is 44.8 Å². The molecule has 134 valence electrons. The Labute approximate surface area is 153 Å². The summed E-state index contributed by atoms with van der Waals surface area (Å²) in [6, 6.07) is 9.69. The molecule has 3 rings (SSSR count). The van der Waals surface area contributed by atoms with Crippen LogP contribution in [0.3, 0.4) is 0 Å². The highest BCUT2D eigenvalue weighted by Gasteiger charge is 2.18. The number of amides is 1. The number of rotatable bonds is 7. The van der Waals surface area contributed by atoms with E-state index in [1.165, 1.54) is 5.56 Å². The van der Waals surface area contributed by atoms with Crippen LogP contribution in [0.1, 0.15) is 12.0 Å². The Bertz CT molecular complexity index is 667. The van der Waals surface area contributed by atoms with E-state index in [1.54, 1.807) is 18.4 Å². The van der Waals surface area contributed by atoms with Crippen molar-refractivity contribution < 1.29 is 9.53 Å². The zero-order valence-electron chi connectivity index (χ0n) is 14.6. The van der Waals surface area contributed by atoms with Crippen LogP contribution >= 0.6 is 11.3 Å². The van der Waals surface area contributed by atoms with Crippen LogP contribution in [0, 0.1) is 0 Å². The van der Waals surface area contributed by atoms with Crippen molar-refractivity contribution in [1.29, 1.82) is 0 Å². The second-order valence-corrected chi connectivity index (χ2v) is 7.03. The molecule has 25 heavy (non-hydrogen) atoms. The van der Waals surface area contributed by atoms with Crippen LogP contribution in [-0.4, -0.2) is 55.5 Å². The molecule has 0 atom stereocenters. The van der Waals surface area contributed by atoms with E-state index in [2.05, 4.69) is 31.9 Å². The second kappa shape index (κ2) is 8.99. The highest BCUT2D eigenvalue weighted by Crippen LogP contribution is 2.23. The van der Waals surface area contributed by atoms with E-state index >= 15 is 0 Å². The minimum absolute atomic E-state index is 0.0326. The second-order valence-electron chi connectivity index (χ2n) is 6.25. The first kappa shape index (κ1) is 17.9. The van der Waals surface area contributed by atoms with E-state index < -0.39 is 0 Å². The highest BCUT2D eigenvalue weighted by atomic mass is 32.1. The molecule has 1 saturated heterocycles. The van der Waals surface area contributed by atoms with Crippen molar-refractivity contribution in [2.24, 2.45) is 0 Å². The molecule has 2 aromatic rings. The van der Waals surface area contributed by atoms with Gasteiger partial charge in [-0.1, -0.05) is 12.1 Å². The number of nitrogens with one attached hydrogen (secondary N) is 1. The van der Waals surface area contributed by atoms with E-state index in [-0.39, 0.29) is 5.91 Å². The number of carbonyl (C=O) groups is 1. The Balaban J connectivity index is 1.38. The van der Waals surface area contributed by atoms with Gasteiger partial charge in [-0.2, -0.15) is 11.3 Å². The van der Waals surface area contributed by atoms with Crippen molar-refractivity contribution in [2.75, 3.05) is 45.2 Å². The molecule has 1 aromatic heterocycles.